The summed E-state index contributed by atoms with van der Waals surface area (Å²) in [6.07, 6.45) is 0. The molecule has 1 aromatic carbocycles. The zero-order valence-corrected chi connectivity index (χ0v) is 12.3. The number of nitrogens with one attached hydrogen (secondary N) is 1. The molecule has 8 heteroatoms. The van der Waals surface area contributed by atoms with Gasteiger partial charge in [-0.15, -0.1) is 11.3 Å². The van der Waals surface area contributed by atoms with E-state index in [1.54, 1.807) is 6.92 Å². The molecule has 0 bridgehead atoms. The highest BCUT2D eigenvalue weighted by Crippen LogP contribution is 2.21. The minimum atomic E-state index is -1.14. The predicted octanol–water partition coefficient (Wildman–Crippen LogP) is 3.12. The number of carboxylic acids is 1. The molecule has 110 valence electrons. The van der Waals surface area contributed by atoms with Gasteiger partial charge in [-0.3, -0.25) is 4.79 Å². The number of thiazole rings is 1. The molecule has 1 heterocycles. The van der Waals surface area contributed by atoms with Crippen LogP contribution in [0.15, 0.2) is 23.6 Å². The predicted molar refractivity (Wildman–Crippen MR) is 76.4 cm³/mol. The van der Waals surface area contributed by atoms with Gasteiger partial charge >= 0.3 is 5.97 Å². The number of hydrogen-bond donors (Lipinski definition) is 2. The van der Waals surface area contributed by atoms with E-state index in [0.717, 1.165) is 11.3 Å². The van der Waals surface area contributed by atoms with Gasteiger partial charge in [0.15, 0.2) is 11.5 Å². The van der Waals surface area contributed by atoms with Crippen LogP contribution in [0.4, 0.5) is 4.39 Å². The summed E-state index contributed by atoms with van der Waals surface area (Å²) in [6, 6.07) is 3.58. The lowest BCUT2D eigenvalue weighted by Gasteiger charge is -2.12. The fourth-order valence-corrected chi connectivity index (χ4v) is 2.57. The second kappa shape index (κ2) is 6.19. The van der Waals surface area contributed by atoms with Crippen molar-refractivity contribution in [3.8, 4) is 0 Å². The molecule has 0 saturated carbocycles. The van der Waals surface area contributed by atoms with Crippen LogP contribution >= 0.6 is 22.9 Å². The van der Waals surface area contributed by atoms with E-state index in [4.69, 9.17) is 16.7 Å². The van der Waals surface area contributed by atoms with Crippen molar-refractivity contribution in [1.82, 2.24) is 10.3 Å². The van der Waals surface area contributed by atoms with Crippen LogP contribution in [0.5, 0.6) is 0 Å². The van der Waals surface area contributed by atoms with Gasteiger partial charge < -0.3 is 10.4 Å². The topological polar surface area (TPSA) is 79.3 Å². The molecular weight excluding hydrogens is 319 g/mol. The summed E-state index contributed by atoms with van der Waals surface area (Å²) in [5, 5.41) is 13.0. The first kappa shape index (κ1) is 15.4. The standard InChI is InChI=1S/C13H10ClFN2O3S/c1-6(12-17-9(5-21-12)13(19)20)16-11(18)7-3-2-4-8(14)10(7)15/h2-6H,1H3,(H,16,18)(H,19,20). The number of rotatable bonds is 4. The number of carboxylic acid groups (broad SMARTS) is 1. The van der Waals surface area contributed by atoms with E-state index >= 15 is 0 Å². The van der Waals surface area contributed by atoms with Gasteiger partial charge in [0.25, 0.3) is 5.91 Å². The van der Waals surface area contributed by atoms with Crippen LogP contribution < -0.4 is 5.32 Å². The zero-order chi connectivity index (χ0) is 15.6. The van der Waals surface area contributed by atoms with Gasteiger partial charge in [-0.1, -0.05) is 17.7 Å². The van der Waals surface area contributed by atoms with Crippen LogP contribution in [0.3, 0.4) is 0 Å². The van der Waals surface area contributed by atoms with Crippen molar-refractivity contribution in [3.05, 3.63) is 50.7 Å². The van der Waals surface area contributed by atoms with Crippen LogP contribution in [0, 0.1) is 5.82 Å². The number of aromatic carboxylic acids is 1. The number of halogens is 2. The van der Waals surface area contributed by atoms with Crippen molar-refractivity contribution >= 4 is 34.8 Å². The number of benzene rings is 1. The monoisotopic (exact) mass is 328 g/mol. The van der Waals surface area contributed by atoms with Gasteiger partial charge in [-0.2, -0.15) is 0 Å². The Morgan fingerprint density at radius 2 is 2.19 bits per heavy atom. The molecule has 0 aliphatic rings. The Kier molecular flexibility index (Phi) is 4.54. The van der Waals surface area contributed by atoms with Gasteiger partial charge in [0.05, 0.1) is 16.6 Å². The average molecular weight is 329 g/mol. The minimum absolute atomic E-state index is 0.0926. The SMILES string of the molecule is CC(NC(=O)c1cccc(Cl)c1F)c1nc(C(=O)O)cs1. The Hall–Kier alpha value is -1.99. The molecule has 0 aliphatic carbocycles. The quantitative estimate of drug-likeness (QED) is 0.903. The number of carbonyl (C=O) groups excluding carboxylic acids is 1. The molecule has 0 fully saturated rings. The van der Waals surface area contributed by atoms with Crippen LogP contribution in [0.1, 0.15) is 38.8 Å². The third-order valence-electron chi connectivity index (χ3n) is 2.66. The smallest absolute Gasteiger partial charge is 0.355 e. The summed E-state index contributed by atoms with van der Waals surface area (Å²) in [7, 11) is 0. The van der Waals surface area contributed by atoms with Crippen LogP contribution in [0.2, 0.25) is 5.02 Å². The average Bonchev–Trinajstić information content (AvgIpc) is 2.91. The molecule has 1 aromatic heterocycles. The summed E-state index contributed by atoms with van der Waals surface area (Å²) in [6.45, 7) is 1.63. The van der Waals surface area contributed by atoms with Crippen LogP contribution in [-0.4, -0.2) is 22.0 Å². The maximum absolute atomic E-state index is 13.7. The third-order valence-corrected chi connectivity index (χ3v) is 3.97. The molecule has 0 spiro atoms. The van der Waals surface area contributed by atoms with E-state index < -0.39 is 23.7 Å². The Balaban J connectivity index is 2.14. The lowest BCUT2D eigenvalue weighted by Crippen LogP contribution is -2.27. The molecule has 5 nitrogen and oxygen atoms in total. The maximum Gasteiger partial charge on any atom is 0.355 e. The van der Waals surface area contributed by atoms with Gasteiger partial charge in [0, 0.05) is 5.38 Å². The molecule has 21 heavy (non-hydrogen) atoms. The molecule has 1 amide bonds. The van der Waals surface area contributed by atoms with E-state index in [1.807, 2.05) is 0 Å². The van der Waals surface area contributed by atoms with E-state index in [1.165, 1.54) is 23.6 Å². The van der Waals surface area contributed by atoms with E-state index in [9.17, 15) is 14.0 Å². The summed E-state index contributed by atoms with van der Waals surface area (Å²) in [4.78, 5) is 26.6. The Bertz CT molecular complexity index is 704. The highest BCUT2D eigenvalue weighted by atomic mass is 35.5. The highest BCUT2D eigenvalue weighted by Gasteiger charge is 2.19. The van der Waals surface area contributed by atoms with Crippen molar-refractivity contribution < 1.29 is 19.1 Å². The number of hydrogen-bond acceptors (Lipinski definition) is 4. The molecule has 2 N–H and O–H groups in total. The molecule has 0 aliphatic heterocycles. The van der Waals surface area contributed by atoms with Crippen molar-refractivity contribution in [2.45, 2.75) is 13.0 Å². The summed E-state index contributed by atoms with van der Waals surface area (Å²) >= 11 is 6.72. The van der Waals surface area contributed by atoms with Crippen molar-refractivity contribution in [2.24, 2.45) is 0 Å². The largest absolute Gasteiger partial charge is 0.476 e. The number of nitrogens with zero attached hydrogens (tertiary/aromatic N) is 1. The van der Waals surface area contributed by atoms with Gasteiger partial charge in [0.2, 0.25) is 0 Å². The normalized spacial score (nSPS) is 12.0. The molecule has 0 radical (unpaired) electrons. The van der Waals surface area contributed by atoms with Crippen molar-refractivity contribution in [3.63, 3.8) is 0 Å². The second-order valence-corrected chi connectivity index (χ2v) is 5.47. The number of amides is 1. The summed E-state index contributed by atoms with van der Waals surface area (Å²) < 4.78 is 13.7. The Morgan fingerprint density at radius 3 is 2.81 bits per heavy atom. The summed E-state index contributed by atoms with van der Waals surface area (Å²) in [5.41, 5.74) is -0.269. The van der Waals surface area contributed by atoms with Crippen molar-refractivity contribution in [2.75, 3.05) is 0 Å². The molecule has 1 atom stereocenters. The maximum atomic E-state index is 13.7. The lowest BCUT2D eigenvalue weighted by molar-refractivity contribution is 0.0691. The first-order valence-electron chi connectivity index (χ1n) is 5.83. The highest BCUT2D eigenvalue weighted by molar-refractivity contribution is 7.09. The van der Waals surface area contributed by atoms with Crippen LogP contribution in [0.25, 0.3) is 0 Å². The zero-order valence-electron chi connectivity index (χ0n) is 10.8. The molecule has 2 rings (SSSR count). The number of aromatic nitrogens is 1. The lowest BCUT2D eigenvalue weighted by atomic mass is 10.2. The van der Waals surface area contributed by atoms with Crippen molar-refractivity contribution in [1.29, 1.82) is 0 Å². The Labute approximate surface area is 128 Å². The van der Waals surface area contributed by atoms with E-state index in [2.05, 4.69) is 10.3 Å². The van der Waals surface area contributed by atoms with E-state index in [-0.39, 0.29) is 16.3 Å². The summed E-state index contributed by atoms with van der Waals surface area (Å²) in [5.74, 6) is -2.58. The Morgan fingerprint density at radius 1 is 1.48 bits per heavy atom. The molecule has 1 unspecified atom stereocenters. The minimum Gasteiger partial charge on any atom is -0.476 e. The number of carbonyl (C=O) groups is 2. The molecule has 2 aromatic rings. The second-order valence-electron chi connectivity index (χ2n) is 4.17. The van der Waals surface area contributed by atoms with Gasteiger partial charge in [-0.05, 0) is 19.1 Å². The van der Waals surface area contributed by atoms with E-state index in [0.29, 0.717) is 5.01 Å². The van der Waals surface area contributed by atoms with Gasteiger partial charge in [0.1, 0.15) is 5.01 Å². The van der Waals surface area contributed by atoms with Gasteiger partial charge in [-0.25, -0.2) is 14.2 Å². The molecule has 0 saturated heterocycles. The first-order valence-corrected chi connectivity index (χ1v) is 7.09. The third kappa shape index (κ3) is 3.37. The fraction of sp³-hybridized carbons (Fsp3) is 0.154. The van der Waals surface area contributed by atoms with Crippen LogP contribution in [-0.2, 0) is 0 Å². The first-order chi connectivity index (χ1) is 9.90. The molecular formula is C13H10ClFN2O3S. The fourth-order valence-electron chi connectivity index (χ4n) is 1.60.